The molecule has 1 aromatic rings. The van der Waals surface area contributed by atoms with Crippen LogP contribution >= 0.6 is 0 Å². The van der Waals surface area contributed by atoms with Crippen LogP contribution in [0.15, 0.2) is 17.6 Å². The Kier molecular flexibility index (Phi) is 2.81. The number of hydrogen-bond acceptors (Lipinski definition) is 4. The molecule has 0 aliphatic heterocycles. The van der Waals surface area contributed by atoms with E-state index in [1.807, 2.05) is 0 Å². The van der Waals surface area contributed by atoms with Crippen LogP contribution in [0.4, 0.5) is 0 Å². The van der Waals surface area contributed by atoms with Crippen LogP contribution in [0, 0.1) is 0 Å². The van der Waals surface area contributed by atoms with Gasteiger partial charge in [0.15, 0.2) is 0 Å². The first kappa shape index (κ1) is 10.2. The van der Waals surface area contributed by atoms with Gasteiger partial charge in [-0.15, -0.1) is 0 Å². The molecule has 1 heterocycles. The number of aromatic nitrogens is 2. The summed E-state index contributed by atoms with van der Waals surface area (Å²) in [5.74, 6) is -0.622. The van der Waals surface area contributed by atoms with E-state index >= 15 is 0 Å². The summed E-state index contributed by atoms with van der Waals surface area (Å²) in [5, 5.41) is 0. The summed E-state index contributed by atoms with van der Waals surface area (Å²) in [4.78, 5) is 28.5. The van der Waals surface area contributed by atoms with Gasteiger partial charge in [-0.2, -0.15) is 0 Å². The number of H-pyrrole nitrogens is 1. The minimum absolute atomic E-state index is 0.0301. The minimum atomic E-state index is -0.622. The zero-order valence-corrected chi connectivity index (χ0v) is 7.96. The average molecular weight is 194 g/mol. The highest BCUT2D eigenvalue weighted by Gasteiger charge is 2.09. The van der Waals surface area contributed by atoms with Crippen molar-refractivity contribution in [3.05, 3.63) is 34.5 Å². The highest BCUT2D eigenvalue weighted by molar-refractivity contribution is 5.86. The van der Waals surface area contributed by atoms with Gasteiger partial charge in [0.1, 0.15) is 11.4 Å². The van der Waals surface area contributed by atoms with Crippen LogP contribution in [0.3, 0.4) is 0 Å². The first-order valence-electron chi connectivity index (χ1n) is 3.89. The molecule has 5 nitrogen and oxygen atoms in total. The van der Waals surface area contributed by atoms with Gasteiger partial charge in [-0.25, -0.2) is 9.78 Å². The smallest absolute Gasteiger partial charge is 0.356 e. The average Bonchev–Trinajstić information content (AvgIpc) is 2.15. The molecule has 14 heavy (non-hydrogen) atoms. The van der Waals surface area contributed by atoms with Gasteiger partial charge in [0.05, 0.1) is 13.3 Å². The summed E-state index contributed by atoms with van der Waals surface area (Å²) in [6.45, 7) is 5.24. The van der Waals surface area contributed by atoms with E-state index in [1.54, 1.807) is 6.92 Å². The minimum Gasteiger partial charge on any atom is -0.464 e. The summed E-state index contributed by atoms with van der Waals surface area (Å²) in [5.41, 5.74) is 0.350. The molecule has 5 heteroatoms. The van der Waals surface area contributed by atoms with Gasteiger partial charge >= 0.3 is 5.97 Å². The number of ether oxygens (including phenoxy) is 1. The summed E-state index contributed by atoms with van der Waals surface area (Å²) < 4.78 is 4.42. The third kappa shape index (κ3) is 1.87. The first-order valence-corrected chi connectivity index (χ1v) is 3.89. The molecule has 1 N–H and O–H groups in total. The number of carbonyl (C=O) groups is 1. The molecule has 0 bridgehead atoms. The van der Waals surface area contributed by atoms with Crippen molar-refractivity contribution in [2.45, 2.75) is 6.92 Å². The SMILES string of the molecule is C=C(C)c1ncc(C(=O)OC)[nH]c1=O. The van der Waals surface area contributed by atoms with Crippen LogP contribution < -0.4 is 5.56 Å². The van der Waals surface area contributed by atoms with E-state index in [-0.39, 0.29) is 11.4 Å². The number of allylic oxidation sites excluding steroid dienone is 1. The van der Waals surface area contributed by atoms with Crippen molar-refractivity contribution in [2.75, 3.05) is 7.11 Å². The lowest BCUT2D eigenvalue weighted by molar-refractivity contribution is 0.0593. The predicted octanol–water partition coefficient (Wildman–Crippen LogP) is 0.590. The fraction of sp³-hybridized carbons (Fsp3) is 0.222. The van der Waals surface area contributed by atoms with E-state index < -0.39 is 11.5 Å². The molecule has 0 saturated carbocycles. The second-order valence-corrected chi connectivity index (χ2v) is 2.75. The molecule has 1 rings (SSSR count). The van der Waals surface area contributed by atoms with E-state index in [0.717, 1.165) is 0 Å². The number of methoxy groups -OCH3 is 1. The normalized spacial score (nSPS) is 9.57. The molecule has 0 unspecified atom stereocenters. The van der Waals surface area contributed by atoms with Gasteiger partial charge in [0.2, 0.25) is 0 Å². The van der Waals surface area contributed by atoms with Crippen molar-refractivity contribution in [1.29, 1.82) is 0 Å². The van der Waals surface area contributed by atoms with Crippen molar-refractivity contribution < 1.29 is 9.53 Å². The number of esters is 1. The number of rotatable bonds is 2. The molecule has 0 saturated heterocycles. The van der Waals surface area contributed by atoms with Gasteiger partial charge in [0.25, 0.3) is 5.56 Å². The predicted molar refractivity (Wildman–Crippen MR) is 50.9 cm³/mol. The van der Waals surface area contributed by atoms with E-state index in [0.29, 0.717) is 5.57 Å². The molecule has 0 spiro atoms. The van der Waals surface area contributed by atoms with Crippen LogP contribution in [0.25, 0.3) is 5.57 Å². The maximum atomic E-state index is 11.3. The fourth-order valence-electron chi connectivity index (χ4n) is 0.919. The largest absolute Gasteiger partial charge is 0.464 e. The van der Waals surface area contributed by atoms with Gasteiger partial charge in [-0.05, 0) is 12.5 Å². The highest BCUT2D eigenvalue weighted by atomic mass is 16.5. The maximum absolute atomic E-state index is 11.3. The molecule has 0 aromatic carbocycles. The van der Waals surface area contributed by atoms with Crippen LogP contribution in [0.1, 0.15) is 23.1 Å². The van der Waals surface area contributed by atoms with Crippen LogP contribution in [-0.4, -0.2) is 23.0 Å². The molecule has 0 radical (unpaired) electrons. The second kappa shape index (κ2) is 3.87. The Morgan fingerprint density at radius 2 is 2.29 bits per heavy atom. The lowest BCUT2D eigenvalue weighted by atomic mass is 10.2. The van der Waals surface area contributed by atoms with Crippen molar-refractivity contribution in [2.24, 2.45) is 0 Å². The molecule has 74 valence electrons. The second-order valence-electron chi connectivity index (χ2n) is 2.75. The summed E-state index contributed by atoms with van der Waals surface area (Å²) >= 11 is 0. The van der Waals surface area contributed by atoms with Gasteiger partial charge < -0.3 is 9.72 Å². The lowest BCUT2D eigenvalue weighted by Crippen LogP contribution is -2.18. The third-order valence-corrected chi connectivity index (χ3v) is 1.60. The first-order chi connectivity index (χ1) is 6.56. The molecule has 1 aromatic heterocycles. The van der Waals surface area contributed by atoms with Gasteiger partial charge in [0, 0.05) is 0 Å². The molecular formula is C9H10N2O3. The number of nitrogens with one attached hydrogen (secondary N) is 1. The van der Waals surface area contributed by atoms with E-state index in [4.69, 9.17) is 0 Å². The lowest BCUT2D eigenvalue weighted by Gasteiger charge is -2.00. The number of carbonyl (C=O) groups excluding carboxylic acids is 1. The van der Waals surface area contributed by atoms with Crippen LogP contribution in [0.2, 0.25) is 0 Å². The van der Waals surface area contributed by atoms with E-state index in [1.165, 1.54) is 13.3 Å². The standard InChI is InChI=1S/C9H10N2O3/c1-5(2)7-8(12)11-6(4-10-7)9(13)14-3/h4H,1H2,2-3H3,(H,11,12). The Morgan fingerprint density at radius 1 is 1.64 bits per heavy atom. The Balaban J connectivity index is 3.20. The number of nitrogens with zero attached hydrogens (tertiary/aromatic N) is 1. The molecule has 0 aliphatic rings. The zero-order valence-electron chi connectivity index (χ0n) is 7.96. The molecule has 0 aliphatic carbocycles. The van der Waals surface area contributed by atoms with E-state index in [9.17, 15) is 9.59 Å². The molecule has 0 fully saturated rings. The maximum Gasteiger partial charge on any atom is 0.356 e. The zero-order chi connectivity index (χ0) is 10.7. The van der Waals surface area contributed by atoms with Crippen molar-refractivity contribution >= 4 is 11.5 Å². The van der Waals surface area contributed by atoms with Crippen LogP contribution in [0.5, 0.6) is 0 Å². The quantitative estimate of drug-likeness (QED) is 0.699. The third-order valence-electron chi connectivity index (χ3n) is 1.60. The van der Waals surface area contributed by atoms with E-state index in [2.05, 4.69) is 21.3 Å². The monoisotopic (exact) mass is 194 g/mol. The van der Waals surface area contributed by atoms with Crippen molar-refractivity contribution in [1.82, 2.24) is 9.97 Å². The Bertz CT molecular complexity index is 434. The Morgan fingerprint density at radius 3 is 2.71 bits per heavy atom. The summed E-state index contributed by atoms with van der Waals surface area (Å²) in [7, 11) is 1.23. The Labute approximate surface area is 80.4 Å². The molecular weight excluding hydrogens is 184 g/mol. The summed E-state index contributed by atoms with van der Waals surface area (Å²) in [6, 6.07) is 0. The Hall–Kier alpha value is -1.91. The highest BCUT2D eigenvalue weighted by Crippen LogP contribution is 2.01. The van der Waals surface area contributed by atoms with Crippen molar-refractivity contribution in [3.63, 3.8) is 0 Å². The van der Waals surface area contributed by atoms with Gasteiger partial charge in [-0.3, -0.25) is 4.79 Å². The molecule has 0 amide bonds. The fourth-order valence-corrected chi connectivity index (χ4v) is 0.919. The van der Waals surface area contributed by atoms with Crippen molar-refractivity contribution in [3.8, 4) is 0 Å². The summed E-state index contributed by atoms with van der Waals surface area (Å²) in [6.07, 6.45) is 1.25. The molecule has 0 atom stereocenters. The number of hydrogen-bond donors (Lipinski definition) is 1. The topological polar surface area (TPSA) is 72.0 Å². The van der Waals surface area contributed by atoms with Crippen LogP contribution in [-0.2, 0) is 4.74 Å². The number of aromatic amines is 1. The van der Waals surface area contributed by atoms with Gasteiger partial charge in [-0.1, -0.05) is 6.58 Å².